The average molecular weight is 1090 g/mol. The minimum Gasteiger partial charge on any atom is -0.497 e. The summed E-state index contributed by atoms with van der Waals surface area (Å²) >= 11 is 7.43. The van der Waals surface area contributed by atoms with Crippen molar-refractivity contribution in [1.29, 1.82) is 0 Å². The van der Waals surface area contributed by atoms with Crippen LogP contribution in [-0.2, 0) is 42.8 Å². The monoisotopic (exact) mass is 1090 g/mol. The number of thioether (sulfide) groups is 1. The Morgan fingerprint density at radius 3 is 1.65 bits per heavy atom. The maximum Gasteiger partial charge on any atom is 0.261 e. The Hall–Kier alpha value is -3.96. The van der Waals surface area contributed by atoms with Crippen molar-refractivity contribution in [2.45, 2.75) is 155 Å². The summed E-state index contributed by atoms with van der Waals surface area (Å²) in [5.74, 6) is -0.347. The number of hydrogen-bond donors (Lipinski definition) is 1. The molecule has 1 amide bonds. The quantitative estimate of drug-likeness (QED) is 0.0430. The molecule has 0 unspecified atom stereocenters. The SMILES string of the molecule is CC[C@H](C(=O)N1C(=S)SC[C@@H]1Cc1ccccc1)[C@H](O)[C@H](C)[C@H](OCc1ccc(OC)cc1)[C@@H](C)[C@@H](OCc1ccccc1)[C@@H](C)[C@H](CCO[Si](c1ccccc1)(c1ccccc1)C(C)(C)C)O[Si](C)(C)C(C)(C)C. The van der Waals surface area contributed by atoms with Gasteiger partial charge in [0.15, 0.2) is 8.32 Å². The van der Waals surface area contributed by atoms with Crippen LogP contribution in [0.25, 0.3) is 0 Å². The molecule has 0 saturated carbocycles. The van der Waals surface area contributed by atoms with Gasteiger partial charge in [-0.25, -0.2) is 0 Å². The minimum absolute atomic E-state index is 0.0730. The van der Waals surface area contributed by atoms with Crippen LogP contribution in [0.1, 0.15) is 98.8 Å². The van der Waals surface area contributed by atoms with Gasteiger partial charge in [-0.15, -0.1) is 0 Å². The van der Waals surface area contributed by atoms with Crippen LogP contribution in [-0.4, -0.2) is 86.8 Å². The summed E-state index contributed by atoms with van der Waals surface area (Å²) in [7, 11) is -3.63. The molecule has 1 fully saturated rings. The number of nitrogens with zero attached hydrogens (tertiary/aromatic N) is 1. The zero-order valence-corrected chi connectivity index (χ0v) is 50.8. The summed E-state index contributed by atoms with van der Waals surface area (Å²) in [6.07, 6.45) is -0.548. The Morgan fingerprint density at radius 2 is 1.17 bits per heavy atom. The van der Waals surface area contributed by atoms with Crippen molar-refractivity contribution in [1.82, 2.24) is 4.90 Å². The van der Waals surface area contributed by atoms with Gasteiger partial charge in [-0.3, -0.25) is 9.69 Å². The van der Waals surface area contributed by atoms with Gasteiger partial charge in [-0.1, -0.05) is 227 Å². The Morgan fingerprint density at radius 1 is 0.693 bits per heavy atom. The fourth-order valence-corrected chi connectivity index (χ4v) is 18.2. The zero-order chi connectivity index (χ0) is 54.6. The fourth-order valence-electron chi connectivity index (χ4n) is 10.8. The summed E-state index contributed by atoms with van der Waals surface area (Å²) in [5, 5.41) is 15.0. The minimum atomic E-state index is -2.88. The van der Waals surface area contributed by atoms with E-state index < -0.39 is 46.8 Å². The molecule has 0 aromatic heterocycles. The molecule has 75 heavy (non-hydrogen) atoms. The molecule has 1 saturated heterocycles. The summed E-state index contributed by atoms with van der Waals surface area (Å²) in [5.41, 5.74) is 3.17. The van der Waals surface area contributed by atoms with Crippen LogP contribution in [0.3, 0.4) is 0 Å². The first kappa shape index (κ1) is 60.3. The van der Waals surface area contributed by atoms with Gasteiger partial charge in [-0.2, -0.15) is 0 Å². The van der Waals surface area contributed by atoms with Crippen LogP contribution in [0.5, 0.6) is 5.75 Å². The van der Waals surface area contributed by atoms with Crippen molar-refractivity contribution < 1.29 is 33.0 Å². The van der Waals surface area contributed by atoms with Gasteiger partial charge in [0.2, 0.25) is 5.91 Å². The molecule has 0 radical (unpaired) electrons. The van der Waals surface area contributed by atoms with E-state index >= 15 is 0 Å². The normalized spacial score (nSPS) is 17.9. The summed E-state index contributed by atoms with van der Waals surface area (Å²) in [4.78, 5) is 16.7. The van der Waals surface area contributed by atoms with Crippen LogP contribution >= 0.6 is 24.0 Å². The molecule has 1 heterocycles. The van der Waals surface area contributed by atoms with Gasteiger partial charge in [0, 0.05) is 30.1 Å². The highest BCUT2D eigenvalue weighted by Gasteiger charge is 2.51. The van der Waals surface area contributed by atoms with Crippen molar-refractivity contribution >= 4 is 61.2 Å². The van der Waals surface area contributed by atoms with Gasteiger partial charge in [0.1, 0.15) is 10.1 Å². The maximum absolute atomic E-state index is 15.0. The van der Waals surface area contributed by atoms with Crippen LogP contribution in [0.2, 0.25) is 23.2 Å². The molecule has 1 aliphatic heterocycles. The Bertz CT molecular complexity index is 2470. The standard InChI is InChI=1S/C63H87NO7S2Si2/c1-14-55(60(66)64-51(44-73-61(64)72)41-48-27-19-15-20-28-48)57(65)46(3)59(69-43-50-35-37-52(67-11)38-36-50)47(4)58(68-42-49-29-21-16-22-30-49)45(2)56(71-74(12,13)62(5,6)7)39-40-70-75(63(8,9)10,53-31-23-17-24-32-53)54-33-25-18-26-34-54/h15-38,45-47,51,55-59,65H,14,39-44H2,1-13H3/t45-,46-,47-,51-,55-,56-,57+,58-,59-/m0/s1. The average Bonchev–Trinajstić information content (AvgIpc) is 3.76. The predicted octanol–water partition coefficient (Wildman–Crippen LogP) is 13.3. The molecule has 0 aliphatic carbocycles. The third kappa shape index (κ3) is 15.0. The lowest BCUT2D eigenvalue weighted by Gasteiger charge is -2.46. The van der Waals surface area contributed by atoms with Gasteiger partial charge in [0.25, 0.3) is 8.32 Å². The third-order valence-electron chi connectivity index (χ3n) is 16.2. The second kappa shape index (κ2) is 27.1. The third-order valence-corrected chi connectivity index (χ3v) is 27.2. The number of hydrogen-bond acceptors (Lipinski definition) is 9. The van der Waals surface area contributed by atoms with Crippen LogP contribution < -0.4 is 15.1 Å². The number of thiocarbonyl (C=S) groups is 1. The topological polar surface area (TPSA) is 86.7 Å². The number of rotatable bonds is 26. The number of ether oxygens (including phenoxy) is 3. The molecule has 9 atom stereocenters. The number of amides is 1. The molecule has 5 aromatic rings. The highest BCUT2D eigenvalue weighted by Crippen LogP contribution is 2.42. The Kier molecular flexibility index (Phi) is 21.8. The van der Waals surface area contributed by atoms with Crippen molar-refractivity contribution in [2.24, 2.45) is 23.7 Å². The van der Waals surface area contributed by atoms with E-state index in [1.807, 2.05) is 74.5 Å². The van der Waals surface area contributed by atoms with E-state index in [4.69, 9.17) is 35.3 Å². The number of benzene rings is 5. The summed E-state index contributed by atoms with van der Waals surface area (Å²) < 4.78 is 35.8. The zero-order valence-electron chi connectivity index (χ0n) is 47.2. The summed E-state index contributed by atoms with van der Waals surface area (Å²) in [6, 6.07) is 50.0. The van der Waals surface area contributed by atoms with E-state index in [0.717, 1.165) is 22.4 Å². The molecule has 6 rings (SSSR count). The van der Waals surface area contributed by atoms with Gasteiger partial charge in [0.05, 0.1) is 56.7 Å². The van der Waals surface area contributed by atoms with Crippen molar-refractivity contribution in [3.8, 4) is 5.75 Å². The molecule has 0 spiro atoms. The molecule has 406 valence electrons. The Balaban J connectivity index is 1.39. The highest BCUT2D eigenvalue weighted by molar-refractivity contribution is 8.23. The number of carbonyl (C=O) groups excluding carboxylic acids is 1. The summed E-state index contributed by atoms with van der Waals surface area (Å²) in [6.45, 7) is 28.1. The van der Waals surface area contributed by atoms with E-state index in [1.165, 1.54) is 10.4 Å². The number of methoxy groups -OCH3 is 1. The van der Waals surface area contributed by atoms with E-state index in [1.54, 1.807) is 23.8 Å². The van der Waals surface area contributed by atoms with E-state index in [2.05, 4.69) is 153 Å². The van der Waals surface area contributed by atoms with Crippen LogP contribution in [0.4, 0.5) is 0 Å². The second-order valence-electron chi connectivity index (χ2n) is 23.3. The van der Waals surface area contributed by atoms with Crippen molar-refractivity contribution in [3.05, 3.63) is 162 Å². The number of carbonyl (C=O) groups is 1. The van der Waals surface area contributed by atoms with Crippen molar-refractivity contribution in [3.63, 3.8) is 0 Å². The molecule has 8 nitrogen and oxygen atoms in total. The largest absolute Gasteiger partial charge is 0.497 e. The molecule has 0 bridgehead atoms. The maximum atomic E-state index is 15.0. The first-order valence-corrected chi connectivity index (χ1v) is 33.4. The predicted molar refractivity (Wildman–Crippen MR) is 320 cm³/mol. The lowest BCUT2D eigenvalue weighted by atomic mass is 9.77. The molecule has 1 aliphatic rings. The lowest BCUT2D eigenvalue weighted by molar-refractivity contribution is -0.150. The van der Waals surface area contributed by atoms with Gasteiger partial charge < -0.3 is 28.2 Å². The number of aliphatic hydroxyl groups is 1. The molecule has 1 N–H and O–H groups in total. The molecular weight excluding hydrogens is 1000 g/mol. The Labute approximate surface area is 462 Å². The highest BCUT2D eigenvalue weighted by atomic mass is 32.2. The van der Waals surface area contributed by atoms with E-state index in [0.29, 0.717) is 42.5 Å². The second-order valence-corrected chi connectivity index (χ2v) is 34.0. The van der Waals surface area contributed by atoms with Crippen molar-refractivity contribution in [2.75, 3.05) is 19.5 Å². The van der Waals surface area contributed by atoms with E-state index in [-0.39, 0.29) is 46.6 Å². The number of aliphatic hydroxyl groups excluding tert-OH is 1. The van der Waals surface area contributed by atoms with Gasteiger partial charge in [-0.05, 0) is 81.6 Å². The van der Waals surface area contributed by atoms with Crippen LogP contribution in [0.15, 0.2) is 146 Å². The fraction of sp³-hybridized carbons (Fsp3) is 0.492. The smallest absolute Gasteiger partial charge is 0.261 e. The molecular formula is C63H87NO7S2Si2. The van der Waals surface area contributed by atoms with Crippen LogP contribution in [0, 0.1) is 23.7 Å². The first-order valence-electron chi connectivity index (χ1n) is 27.2. The lowest BCUT2D eigenvalue weighted by Crippen LogP contribution is -2.66. The van der Waals surface area contributed by atoms with Gasteiger partial charge >= 0.3 is 0 Å². The molecule has 12 heteroatoms. The van der Waals surface area contributed by atoms with E-state index in [9.17, 15) is 9.90 Å². The first-order chi connectivity index (χ1) is 35.6. The molecule has 5 aromatic carbocycles.